The van der Waals surface area contributed by atoms with Crippen molar-refractivity contribution in [3.8, 4) is 0 Å². The second-order valence-electron chi connectivity index (χ2n) is 9.77. The van der Waals surface area contributed by atoms with Gasteiger partial charge in [0.15, 0.2) is 0 Å². The molecule has 0 aromatic carbocycles. The fourth-order valence-electron chi connectivity index (χ4n) is 6.75. The predicted molar refractivity (Wildman–Crippen MR) is 89.8 cm³/mol. The summed E-state index contributed by atoms with van der Waals surface area (Å²) < 4.78 is 6.66. The van der Waals surface area contributed by atoms with Gasteiger partial charge in [-0.1, -0.05) is 27.2 Å². The van der Waals surface area contributed by atoms with Crippen molar-refractivity contribution in [3.63, 3.8) is 0 Å². The molecule has 0 aromatic rings. The van der Waals surface area contributed by atoms with E-state index < -0.39 is 0 Å². The van der Waals surface area contributed by atoms with Crippen LogP contribution in [0, 0.1) is 22.7 Å². The Balaban J connectivity index is 1.90. The first-order valence-electron chi connectivity index (χ1n) is 9.29. The SMILES string of the molecule is CC1(C)CCC[C@]2(C)[C@H]3CC[C@](C)(CC=O)O[C@@]3(C)CC[C@@H]12. The lowest BCUT2D eigenvalue weighted by Crippen LogP contribution is -2.62. The van der Waals surface area contributed by atoms with Crippen LogP contribution in [0.1, 0.15) is 86.0 Å². The van der Waals surface area contributed by atoms with E-state index in [0.717, 1.165) is 25.0 Å². The first kappa shape index (κ1) is 16.5. The Morgan fingerprint density at radius 1 is 0.955 bits per heavy atom. The third kappa shape index (κ3) is 2.37. The number of carbonyl (C=O) groups is 1. The summed E-state index contributed by atoms with van der Waals surface area (Å²) >= 11 is 0. The smallest absolute Gasteiger partial charge is 0.122 e. The lowest BCUT2D eigenvalue weighted by Gasteiger charge is -2.65. The molecule has 1 aliphatic heterocycles. The van der Waals surface area contributed by atoms with Crippen molar-refractivity contribution in [1.82, 2.24) is 0 Å². The average molecular weight is 306 g/mol. The molecule has 2 heteroatoms. The Kier molecular flexibility index (Phi) is 3.79. The standard InChI is InChI=1S/C20H34O2/c1-17(2)9-6-10-19(4)15(17)8-12-20(5)16(19)7-11-18(3,22-20)13-14-21/h14-16H,6-13H2,1-5H3/t15-,16+,18+,19-,20-/m0/s1. The Bertz CT molecular complexity index is 457. The summed E-state index contributed by atoms with van der Waals surface area (Å²) in [5.74, 6) is 1.48. The highest BCUT2D eigenvalue weighted by Gasteiger charge is 2.61. The molecule has 126 valence electrons. The Hall–Kier alpha value is -0.370. The van der Waals surface area contributed by atoms with Crippen LogP contribution in [-0.4, -0.2) is 17.5 Å². The van der Waals surface area contributed by atoms with Gasteiger partial charge in [-0.25, -0.2) is 0 Å². The van der Waals surface area contributed by atoms with Crippen molar-refractivity contribution in [2.45, 2.75) is 97.2 Å². The van der Waals surface area contributed by atoms with Gasteiger partial charge in [0, 0.05) is 6.42 Å². The van der Waals surface area contributed by atoms with Crippen LogP contribution in [0.3, 0.4) is 0 Å². The van der Waals surface area contributed by atoms with Gasteiger partial charge in [-0.05, 0) is 75.0 Å². The van der Waals surface area contributed by atoms with Gasteiger partial charge in [-0.3, -0.25) is 0 Å². The summed E-state index contributed by atoms with van der Waals surface area (Å²) in [6, 6.07) is 0. The first-order valence-corrected chi connectivity index (χ1v) is 9.29. The van der Waals surface area contributed by atoms with Gasteiger partial charge in [-0.15, -0.1) is 0 Å². The number of hydrogen-bond acceptors (Lipinski definition) is 2. The van der Waals surface area contributed by atoms with E-state index in [-0.39, 0.29) is 11.2 Å². The van der Waals surface area contributed by atoms with Gasteiger partial charge in [0.25, 0.3) is 0 Å². The van der Waals surface area contributed by atoms with E-state index >= 15 is 0 Å². The van der Waals surface area contributed by atoms with Crippen molar-refractivity contribution in [3.05, 3.63) is 0 Å². The largest absolute Gasteiger partial charge is 0.368 e. The molecule has 22 heavy (non-hydrogen) atoms. The van der Waals surface area contributed by atoms with Crippen molar-refractivity contribution >= 4 is 6.29 Å². The number of carbonyl (C=O) groups excluding carboxylic acids is 1. The normalized spacial score (nSPS) is 50.8. The van der Waals surface area contributed by atoms with E-state index in [9.17, 15) is 4.79 Å². The van der Waals surface area contributed by atoms with E-state index in [1.165, 1.54) is 32.1 Å². The van der Waals surface area contributed by atoms with Crippen molar-refractivity contribution < 1.29 is 9.53 Å². The number of hydrogen-bond donors (Lipinski definition) is 0. The highest BCUT2D eigenvalue weighted by atomic mass is 16.5. The number of aldehydes is 1. The molecule has 3 aliphatic rings. The molecule has 1 heterocycles. The van der Waals surface area contributed by atoms with E-state index in [2.05, 4.69) is 34.6 Å². The minimum Gasteiger partial charge on any atom is -0.368 e. The van der Waals surface area contributed by atoms with Crippen LogP contribution in [0.15, 0.2) is 0 Å². The first-order chi connectivity index (χ1) is 10.2. The minimum absolute atomic E-state index is 0.0331. The van der Waals surface area contributed by atoms with Gasteiger partial charge >= 0.3 is 0 Å². The van der Waals surface area contributed by atoms with Crippen molar-refractivity contribution in [2.75, 3.05) is 0 Å². The molecule has 0 amide bonds. The second-order valence-corrected chi connectivity index (χ2v) is 9.77. The highest BCUT2D eigenvalue weighted by molar-refractivity contribution is 5.51. The summed E-state index contributed by atoms with van der Waals surface area (Å²) in [4.78, 5) is 11.0. The zero-order valence-electron chi connectivity index (χ0n) is 15.2. The van der Waals surface area contributed by atoms with Crippen molar-refractivity contribution in [2.24, 2.45) is 22.7 Å². The van der Waals surface area contributed by atoms with Crippen LogP contribution in [0.4, 0.5) is 0 Å². The monoisotopic (exact) mass is 306 g/mol. The number of rotatable bonds is 2. The molecule has 0 aromatic heterocycles. The van der Waals surface area contributed by atoms with Gasteiger partial charge in [0.2, 0.25) is 0 Å². The summed E-state index contributed by atoms with van der Waals surface area (Å²) in [7, 11) is 0. The molecular formula is C20H34O2. The van der Waals surface area contributed by atoms with Crippen LogP contribution in [0.25, 0.3) is 0 Å². The average Bonchev–Trinajstić information content (AvgIpc) is 2.36. The molecule has 3 rings (SSSR count). The predicted octanol–water partition coefficient (Wildman–Crippen LogP) is 5.15. The summed E-state index contributed by atoms with van der Waals surface area (Å²) in [5, 5.41) is 0. The molecule has 2 saturated carbocycles. The second kappa shape index (κ2) is 5.06. The molecule has 5 atom stereocenters. The number of fused-ring (bicyclic) bond motifs is 3. The van der Waals surface area contributed by atoms with Crippen LogP contribution in [0.2, 0.25) is 0 Å². The highest BCUT2D eigenvalue weighted by Crippen LogP contribution is 2.65. The molecular weight excluding hydrogens is 272 g/mol. The van der Waals surface area contributed by atoms with Gasteiger partial charge in [0.05, 0.1) is 11.2 Å². The Labute approximate surface area is 136 Å². The van der Waals surface area contributed by atoms with Crippen LogP contribution in [0.5, 0.6) is 0 Å². The molecule has 2 aliphatic carbocycles. The molecule has 0 radical (unpaired) electrons. The lowest BCUT2D eigenvalue weighted by atomic mass is 9.44. The van der Waals surface area contributed by atoms with Gasteiger partial charge in [0.1, 0.15) is 6.29 Å². The topological polar surface area (TPSA) is 26.3 Å². The molecule has 0 unspecified atom stereocenters. The minimum atomic E-state index is -0.236. The van der Waals surface area contributed by atoms with Crippen molar-refractivity contribution in [1.29, 1.82) is 0 Å². The summed E-state index contributed by atoms with van der Waals surface area (Å²) in [6.45, 7) is 12.0. The fraction of sp³-hybridized carbons (Fsp3) is 0.950. The maximum absolute atomic E-state index is 11.0. The summed E-state index contributed by atoms with van der Waals surface area (Å²) in [5.41, 5.74) is 0.615. The third-order valence-electron chi connectivity index (χ3n) is 7.70. The third-order valence-corrected chi connectivity index (χ3v) is 7.70. The number of ether oxygens (including phenoxy) is 1. The van der Waals surface area contributed by atoms with Crippen LogP contribution in [-0.2, 0) is 9.53 Å². The summed E-state index contributed by atoms with van der Waals surface area (Å²) in [6.07, 6.45) is 10.4. The zero-order chi connectivity index (χ0) is 16.2. The van der Waals surface area contributed by atoms with Crippen LogP contribution < -0.4 is 0 Å². The quantitative estimate of drug-likeness (QED) is 0.660. The lowest BCUT2D eigenvalue weighted by molar-refractivity contribution is -0.264. The van der Waals surface area contributed by atoms with E-state index in [0.29, 0.717) is 23.2 Å². The Morgan fingerprint density at radius 3 is 2.32 bits per heavy atom. The Morgan fingerprint density at radius 2 is 1.64 bits per heavy atom. The maximum atomic E-state index is 11.0. The fourth-order valence-corrected chi connectivity index (χ4v) is 6.75. The molecule has 3 fully saturated rings. The molecule has 0 N–H and O–H groups in total. The van der Waals surface area contributed by atoms with E-state index in [1.54, 1.807) is 0 Å². The van der Waals surface area contributed by atoms with Gasteiger partial charge < -0.3 is 9.53 Å². The molecule has 2 nitrogen and oxygen atoms in total. The van der Waals surface area contributed by atoms with Crippen LogP contribution >= 0.6 is 0 Å². The zero-order valence-corrected chi connectivity index (χ0v) is 15.2. The van der Waals surface area contributed by atoms with Gasteiger partial charge in [-0.2, -0.15) is 0 Å². The molecule has 1 saturated heterocycles. The molecule has 0 bridgehead atoms. The molecule has 0 spiro atoms. The maximum Gasteiger partial charge on any atom is 0.122 e. The van der Waals surface area contributed by atoms with E-state index in [1.807, 2.05) is 0 Å². The van der Waals surface area contributed by atoms with E-state index in [4.69, 9.17) is 4.74 Å².